The lowest BCUT2D eigenvalue weighted by Crippen LogP contribution is -2.53. The third-order valence-corrected chi connectivity index (χ3v) is 4.26. The minimum Gasteiger partial charge on any atom is -0.490 e. The zero-order chi connectivity index (χ0) is 12.0. The second kappa shape index (κ2) is 3.59. The maximum Gasteiger partial charge on any atom is 0.223 e. The fourth-order valence-corrected chi connectivity index (χ4v) is 3.55. The molecule has 2 heterocycles. The van der Waals surface area contributed by atoms with E-state index in [1.165, 1.54) is 0 Å². The zero-order valence-corrected chi connectivity index (χ0v) is 10.1. The lowest BCUT2D eigenvalue weighted by Gasteiger charge is -2.42. The molecule has 1 spiro atoms. The van der Waals surface area contributed by atoms with Crippen molar-refractivity contribution >= 4 is 11.7 Å². The number of hydrogen-bond acceptors (Lipinski definition) is 3. The van der Waals surface area contributed by atoms with Crippen molar-refractivity contribution in [2.75, 3.05) is 13.2 Å². The molecular weight excluding hydrogens is 218 g/mol. The molecule has 0 aromatic carbocycles. The number of carbonyl (C=O) groups is 2. The standard InChI is InChI=1S/C13H17NO3/c1-2-17-10-8-13-6-5-11(15)14(13)7-3-4-9(13)12(10)16/h8-9H,2-7H2,1H3/t9-,13+/m1/s1. The molecule has 0 aromatic rings. The Hall–Kier alpha value is -1.32. The van der Waals surface area contributed by atoms with Crippen molar-refractivity contribution in [3.8, 4) is 0 Å². The molecule has 2 atom stereocenters. The van der Waals surface area contributed by atoms with E-state index in [1.54, 1.807) is 0 Å². The number of ether oxygens (including phenoxy) is 1. The summed E-state index contributed by atoms with van der Waals surface area (Å²) in [6.45, 7) is 3.18. The van der Waals surface area contributed by atoms with E-state index in [0.29, 0.717) is 18.8 Å². The molecule has 0 unspecified atom stereocenters. The summed E-state index contributed by atoms with van der Waals surface area (Å²) in [6, 6.07) is 0. The van der Waals surface area contributed by atoms with E-state index in [9.17, 15) is 9.59 Å². The second-order valence-corrected chi connectivity index (χ2v) is 5.04. The van der Waals surface area contributed by atoms with Gasteiger partial charge < -0.3 is 9.64 Å². The largest absolute Gasteiger partial charge is 0.490 e. The van der Waals surface area contributed by atoms with Gasteiger partial charge in [-0.15, -0.1) is 0 Å². The summed E-state index contributed by atoms with van der Waals surface area (Å²) >= 11 is 0. The molecule has 4 heteroatoms. The van der Waals surface area contributed by atoms with Crippen molar-refractivity contribution in [3.63, 3.8) is 0 Å². The number of hydrogen-bond donors (Lipinski definition) is 0. The van der Waals surface area contributed by atoms with E-state index in [1.807, 2.05) is 17.9 Å². The summed E-state index contributed by atoms with van der Waals surface area (Å²) in [4.78, 5) is 26.0. The molecule has 0 saturated carbocycles. The number of carbonyl (C=O) groups excluding carboxylic acids is 2. The Labute approximate surface area is 101 Å². The summed E-state index contributed by atoms with van der Waals surface area (Å²) < 4.78 is 5.42. The predicted molar refractivity (Wildman–Crippen MR) is 61.1 cm³/mol. The van der Waals surface area contributed by atoms with Crippen LogP contribution in [0, 0.1) is 5.92 Å². The van der Waals surface area contributed by atoms with E-state index < -0.39 is 0 Å². The number of Topliss-reactive ketones (excluding diaryl/α,β-unsaturated/α-hetero) is 1. The van der Waals surface area contributed by atoms with Gasteiger partial charge in [-0.1, -0.05) is 0 Å². The Morgan fingerprint density at radius 3 is 3.12 bits per heavy atom. The molecule has 3 aliphatic rings. The molecule has 2 fully saturated rings. The van der Waals surface area contributed by atoms with Crippen LogP contribution in [0.4, 0.5) is 0 Å². The SMILES string of the molecule is CCOC1=C[C@]23CCC(=O)N2CCC[C@@H]3C1=O. The minimum absolute atomic E-state index is 0.0516. The molecule has 0 radical (unpaired) electrons. The first-order valence-electron chi connectivity index (χ1n) is 6.39. The number of ketones is 1. The molecular formula is C13H17NO3. The van der Waals surface area contributed by atoms with Crippen molar-refractivity contribution in [2.45, 2.75) is 38.1 Å². The van der Waals surface area contributed by atoms with Crippen molar-refractivity contribution in [1.29, 1.82) is 0 Å². The van der Waals surface area contributed by atoms with Crippen molar-refractivity contribution < 1.29 is 14.3 Å². The highest BCUT2D eigenvalue weighted by atomic mass is 16.5. The number of allylic oxidation sites excluding steroid dienone is 1. The van der Waals surface area contributed by atoms with Crippen LogP contribution < -0.4 is 0 Å². The van der Waals surface area contributed by atoms with Gasteiger partial charge in [0, 0.05) is 13.0 Å². The lowest BCUT2D eigenvalue weighted by atomic mass is 9.78. The average molecular weight is 235 g/mol. The van der Waals surface area contributed by atoms with Gasteiger partial charge in [-0.2, -0.15) is 0 Å². The Kier molecular flexibility index (Phi) is 2.28. The first-order valence-corrected chi connectivity index (χ1v) is 6.39. The van der Waals surface area contributed by atoms with Gasteiger partial charge in [0.15, 0.2) is 5.76 Å². The number of amides is 1. The van der Waals surface area contributed by atoms with Crippen LogP contribution in [-0.2, 0) is 14.3 Å². The van der Waals surface area contributed by atoms with Gasteiger partial charge in [-0.05, 0) is 32.3 Å². The van der Waals surface area contributed by atoms with E-state index in [4.69, 9.17) is 4.74 Å². The van der Waals surface area contributed by atoms with E-state index in [0.717, 1.165) is 25.8 Å². The highest BCUT2D eigenvalue weighted by molar-refractivity contribution is 6.01. The second-order valence-electron chi connectivity index (χ2n) is 5.04. The molecule has 0 aromatic heterocycles. The number of piperidine rings is 1. The van der Waals surface area contributed by atoms with Crippen molar-refractivity contribution in [2.24, 2.45) is 5.92 Å². The normalized spacial score (nSPS) is 35.7. The van der Waals surface area contributed by atoms with Gasteiger partial charge in [0.05, 0.1) is 18.1 Å². The Balaban J connectivity index is 2.01. The van der Waals surface area contributed by atoms with Gasteiger partial charge in [0.2, 0.25) is 11.7 Å². The molecule has 0 N–H and O–H groups in total. The van der Waals surface area contributed by atoms with Crippen LogP contribution >= 0.6 is 0 Å². The summed E-state index contributed by atoms with van der Waals surface area (Å²) in [6.07, 6.45) is 5.08. The third kappa shape index (κ3) is 1.30. The summed E-state index contributed by atoms with van der Waals surface area (Å²) in [7, 11) is 0. The van der Waals surface area contributed by atoms with Gasteiger partial charge >= 0.3 is 0 Å². The van der Waals surface area contributed by atoms with Crippen molar-refractivity contribution in [1.82, 2.24) is 4.90 Å². The van der Waals surface area contributed by atoms with Gasteiger partial charge in [-0.25, -0.2) is 0 Å². The molecule has 0 bridgehead atoms. The quantitative estimate of drug-likeness (QED) is 0.724. The van der Waals surface area contributed by atoms with E-state index >= 15 is 0 Å². The van der Waals surface area contributed by atoms with Crippen molar-refractivity contribution in [3.05, 3.63) is 11.8 Å². The third-order valence-electron chi connectivity index (χ3n) is 4.26. The van der Waals surface area contributed by atoms with Gasteiger partial charge in [0.1, 0.15) is 0 Å². The highest BCUT2D eigenvalue weighted by Crippen LogP contribution is 2.49. The zero-order valence-electron chi connectivity index (χ0n) is 10.1. The minimum atomic E-state index is -0.336. The maximum absolute atomic E-state index is 12.2. The monoisotopic (exact) mass is 235 g/mol. The first-order chi connectivity index (χ1) is 8.19. The molecule has 2 saturated heterocycles. The van der Waals surface area contributed by atoms with Crippen LogP contribution in [-0.4, -0.2) is 35.3 Å². The topological polar surface area (TPSA) is 46.6 Å². The number of nitrogens with zero attached hydrogens (tertiary/aromatic N) is 1. The first kappa shape index (κ1) is 10.8. The molecule has 2 aliphatic heterocycles. The van der Waals surface area contributed by atoms with Crippen LogP contribution in [0.15, 0.2) is 11.8 Å². The molecule has 4 nitrogen and oxygen atoms in total. The number of rotatable bonds is 2. The van der Waals surface area contributed by atoms with E-state index in [-0.39, 0.29) is 23.1 Å². The van der Waals surface area contributed by atoms with Crippen LogP contribution in [0.1, 0.15) is 32.6 Å². The molecule has 3 rings (SSSR count). The summed E-state index contributed by atoms with van der Waals surface area (Å²) in [5.74, 6) is 0.728. The summed E-state index contributed by atoms with van der Waals surface area (Å²) in [5, 5.41) is 0. The molecule has 92 valence electrons. The molecule has 1 aliphatic carbocycles. The van der Waals surface area contributed by atoms with Crippen LogP contribution in [0.2, 0.25) is 0 Å². The summed E-state index contributed by atoms with van der Waals surface area (Å²) in [5.41, 5.74) is -0.336. The van der Waals surface area contributed by atoms with Crippen LogP contribution in [0.5, 0.6) is 0 Å². The van der Waals surface area contributed by atoms with Crippen LogP contribution in [0.3, 0.4) is 0 Å². The highest BCUT2D eigenvalue weighted by Gasteiger charge is 2.58. The van der Waals surface area contributed by atoms with E-state index in [2.05, 4.69) is 0 Å². The lowest BCUT2D eigenvalue weighted by molar-refractivity contribution is -0.135. The maximum atomic E-state index is 12.2. The smallest absolute Gasteiger partial charge is 0.223 e. The van der Waals surface area contributed by atoms with Gasteiger partial charge in [0.25, 0.3) is 0 Å². The average Bonchev–Trinajstić information content (AvgIpc) is 2.79. The van der Waals surface area contributed by atoms with Gasteiger partial charge in [-0.3, -0.25) is 9.59 Å². The molecule has 1 amide bonds. The fourth-order valence-electron chi connectivity index (χ4n) is 3.55. The predicted octanol–water partition coefficient (Wildman–Crippen LogP) is 1.26. The Morgan fingerprint density at radius 2 is 2.35 bits per heavy atom. The van der Waals surface area contributed by atoms with Crippen LogP contribution in [0.25, 0.3) is 0 Å². The Morgan fingerprint density at radius 1 is 1.53 bits per heavy atom. The fraction of sp³-hybridized carbons (Fsp3) is 0.692. The Bertz CT molecular complexity index is 415. The molecule has 17 heavy (non-hydrogen) atoms.